The van der Waals surface area contributed by atoms with Crippen molar-refractivity contribution in [3.8, 4) is 0 Å². The number of sulfonamides is 1. The third-order valence-electron chi connectivity index (χ3n) is 3.96. The number of nitrogens with one attached hydrogen (secondary N) is 3. The summed E-state index contributed by atoms with van der Waals surface area (Å²) in [6, 6.07) is 12.5. The quantitative estimate of drug-likeness (QED) is 0.789. The monoisotopic (exact) mass is 345 g/mol. The number of carbonyl (C=O) groups is 1. The molecule has 1 amide bonds. The number of para-hydroxylation sites is 1. The first-order valence-corrected chi connectivity index (χ1v) is 9.07. The molecular formula is C17H19N3O3S. The van der Waals surface area contributed by atoms with Gasteiger partial charge >= 0.3 is 0 Å². The van der Waals surface area contributed by atoms with Crippen LogP contribution in [0.15, 0.2) is 47.4 Å². The van der Waals surface area contributed by atoms with E-state index < -0.39 is 22.1 Å². The summed E-state index contributed by atoms with van der Waals surface area (Å²) in [7, 11) is -3.71. The van der Waals surface area contributed by atoms with Gasteiger partial charge in [0.15, 0.2) is 6.17 Å². The minimum absolute atomic E-state index is 0.142. The van der Waals surface area contributed by atoms with E-state index in [1.807, 2.05) is 32.0 Å². The highest BCUT2D eigenvalue weighted by Crippen LogP contribution is 2.25. The lowest BCUT2D eigenvalue weighted by molar-refractivity contribution is -0.122. The molecule has 3 rings (SSSR count). The molecule has 0 saturated heterocycles. The van der Waals surface area contributed by atoms with Crippen molar-refractivity contribution in [2.24, 2.45) is 0 Å². The number of carbonyl (C=O) groups excluding carboxylic acids is 1. The molecule has 0 aliphatic carbocycles. The maximum Gasteiger partial charge on any atom is 0.258 e. The summed E-state index contributed by atoms with van der Waals surface area (Å²) in [5.74, 6) is -0.423. The molecule has 2 aromatic carbocycles. The molecule has 126 valence electrons. The first-order chi connectivity index (χ1) is 11.4. The molecule has 0 fully saturated rings. The van der Waals surface area contributed by atoms with Crippen molar-refractivity contribution >= 4 is 21.6 Å². The maximum absolute atomic E-state index is 12.3. The van der Waals surface area contributed by atoms with Gasteiger partial charge in [0.2, 0.25) is 10.0 Å². The second kappa shape index (κ2) is 6.26. The summed E-state index contributed by atoms with van der Waals surface area (Å²) in [5.41, 5.74) is 3.65. The van der Waals surface area contributed by atoms with Gasteiger partial charge in [0.1, 0.15) is 4.90 Å². The highest BCUT2D eigenvalue weighted by molar-refractivity contribution is 7.89. The smallest absolute Gasteiger partial charge is 0.258 e. The molecule has 1 atom stereocenters. The van der Waals surface area contributed by atoms with Crippen LogP contribution in [0.2, 0.25) is 0 Å². The Kier molecular flexibility index (Phi) is 4.29. The molecule has 24 heavy (non-hydrogen) atoms. The Bertz CT molecular complexity index is 894. The second-order valence-electron chi connectivity index (χ2n) is 5.84. The Labute approximate surface area is 141 Å². The van der Waals surface area contributed by atoms with E-state index in [4.69, 9.17) is 0 Å². The fourth-order valence-electron chi connectivity index (χ4n) is 2.67. The summed E-state index contributed by atoms with van der Waals surface area (Å²) < 4.78 is 26.8. The van der Waals surface area contributed by atoms with Crippen molar-refractivity contribution in [3.05, 3.63) is 59.2 Å². The van der Waals surface area contributed by atoms with Crippen molar-refractivity contribution in [2.45, 2.75) is 31.5 Å². The molecule has 0 radical (unpaired) electrons. The second-order valence-corrected chi connectivity index (χ2v) is 7.52. The molecule has 7 heteroatoms. The average Bonchev–Trinajstić information content (AvgIpc) is 2.53. The number of hydrogen-bond donors (Lipinski definition) is 3. The van der Waals surface area contributed by atoms with Crippen LogP contribution in [0.5, 0.6) is 0 Å². The largest absolute Gasteiger partial charge is 0.360 e. The topological polar surface area (TPSA) is 87.3 Å². The number of rotatable bonds is 3. The summed E-state index contributed by atoms with van der Waals surface area (Å²) >= 11 is 0. The predicted octanol–water partition coefficient (Wildman–Crippen LogP) is 1.65. The fourth-order valence-corrected chi connectivity index (χ4v) is 3.95. The normalized spacial score (nSPS) is 18.3. The third kappa shape index (κ3) is 3.27. The molecule has 2 aromatic rings. The maximum atomic E-state index is 12.3. The molecule has 1 heterocycles. The molecule has 6 nitrogen and oxygen atoms in total. The summed E-state index contributed by atoms with van der Waals surface area (Å²) in [6.07, 6.45) is -1.03. The van der Waals surface area contributed by atoms with Crippen molar-refractivity contribution < 1.29 is 13.2 Å². The van der Waals surface area contributed by atoms with Crippen LogP contribution in [0.4, 0.5) is 5.69 Å². The molecule has 1 aliphatic rings. The molecule has 0 spiro atoms. The van der Waals surface area contributed by atoms with Crippen LogP contribution in [-0.2, 0) is 21.4 Å². The van der Waals surface area contributed by atoms with Crippen molar-refractivity contribution in [3.63, 3.8) is 0 Å². The van der Waals surface area contributed by atoms with Gasteiger partial charge in [-0.05, 0) is 37.1 Å². The minimum atomic E-state index is -3.71. The van der Waals surface area contributed by atoms with E-state index in [1.54, 1.807) is 18.2 Å². The predicted molar refractivity (Wildman–Crippen MR) is 91.9 cm³/mol. The molecule has 1 unspecified atom stereocenters. The van der Waals surface area contributed by atoms with Gasteiger partial charge in [0.05, 0.1) is 5.69 Å². The van der Waals surface area contributed by atoms with E-state index in [0.717, 1.165) is 16.7 Å². The average molecular weight is 345 g/mol. The van der Waals surface area contributed by atoms with E-state index in [2.05, 4.69) is 15.4 Å². The van der Waals surface area contributed by atoms with E-state index in [9.17, 15) is 13.2 Å². The summed E-state index contributed by atoms with van der Waals surface area (Å²) in [6.45, 7) is 4.33. The molecule has 1 aliphatic heterocycles. The molecule has 0 aromatic heterocycles. The third-order valence-corrected chi connectivity index (χ3v) is 5.44. The van der Waals surface area contributed by atoms with Crippen LogP contribution in [0.1, 0.15) is 16.7 Å². The van der Waals surface area contributed by atoms with E-state index in [-0.39, 0.29) is 4.90 Å². The number of anilines is 1. The van der Waals surface area contributed by atoms with Gasteiger partial charge in [-0.1, -0.05) is 35.9 Å². The van der Waals surface area contributed by atoms with Crippen molar-refractivity contribution in [1.82, 2.24) is 10.0 Å². The van der Waals surface area contributed by atoms with Gasteiger partial charge in [0, 0.05) is 6.54 Å². The zero-order valence-electron chi connectivity index (χ0n) is 13.5. The highest BCUT2D eigenvalue weighted by atomic mass is 32.2. The fraction of sp³-hybridized carbons (Fsp3) is 0.235. The Balaban J connectivity index is 1.73. The Morgan fingerprint density at radius 3 is 2.67 bits per heavy atom. The lowest BCUT2D eigenvalue weighted by Crippen LogP contribution is -2.53. The van der Waals surface area contributed by atoms with Crippen LogP contribution in [0, 0.1) is 13.8 Å². The molecule has 0 saturated carbocycles. The zero-order chi connectivity index (χ0) is 17.3. The number of amides is 1. The van der Waals surface area contributed by atoms with Crippen LogP contribution >= 0.6 is 0 Å². The number of hydrogen-bond acceptors (Lipinski definition) is 4. The van der Waals surface area contributed by atoms with Crippen LogP contribution in [0.25, 0.3) is 0 Å². The highest BCUT2D eigenvalue weighted by Gasteiger charge is 2.32. The van der Waals surface area contributed by atoms with Crippen molar-refractivity contribution in [1.29, 1.82) is 0 Å². The van der Waals surface area contributed by atoms with Crippen LogP contribution in [-0.4, -0.2) is 20.5 Å². The Morgan fingerprint density at radius 1 is 1.17 bits per heavy atom. The van der Waals surface area contributed by atoms with Crippen LogP contribution < -0.4 is 15.4 Å². The van der Waals surface area contributed by atoms with Gasteiger partial charge in [0.25, 0.3) is 5.91 Å². The number of fused-ring (bicyclic) bond motifs is 1. The number of aryl methyl sites for hydroxylation is 2. The van der Waals surface area contributed by atoms with Gasteiger partial charge in [-0.25, -0.2) is 8.42 Å². The molecular weight excluding hydrogens is 326 g/mol. The summed E-state index contributed by atoms with van der Waals surface area (Å²) in [4.78, 5) is 12.5. The molecule has 0 bridgehead atoms. The van der Waals surface area contributed by atoms with Crippen LogP contribution in [0.3, 0.4) is 0 Å². The lowest BCUT2D eigenvalue weighted by Gasteiger charge is -2.27. The Morgan fingerprint density at radius 2 is 1.92 bits per heavy atom. The van der Waals surface area contributed by atoms with Gasteiger partial charge in [-0.3, -0.25) is 4.79 Å². The zero-order valence-corrected chi connectivity index (χ0v) is 14.3. The lowest BCUT2D eigenvalue weighted by atomic mass is 10.1. The Hall–Kier alpha value is -2.38. The SMILES string of the molecule is Cc1ccc(CNC(=O)C2Nc3ccccc3S(=O)(=O)N2)c(C)c1. The van der Waals surface area contributed by atoms with Gasteiger partial charge in [-0.2, -0.15) is 4.72 Å². The first-order valence-electron chi connectivity index (χ1n) is 7.58. The standard InChI is InChI=1S/C17H19N3O3S/c1-11-7-8-13(12(2)9-11)10-18-17(21)16-19-14-5-3-4-6-15(14)24(22,23)20-16/h3-9,16,19-20H,10H2,1-2H3,(H,18,21). The molecule has 3 N–H and O–H groups in total. The minimum Gasteiger partial charge on any atom is -0.360 e. The van der Waals surface area contributed by atoms with Crippen molar-refractivity contribution in [2.75, 3.05) is 5.32 Å². The first kappa shape index (κ1) is 16.5. The van der Waals surface area contributed by atoms with Gasteiger partial charge in [-0.15, -0.1) is 0 Å². The van der Waals surface area contributed by atoms with E-state index >= 15 is 0 Å². The van der Waals surface area contributed by atoms with Gasteiger partial charge < -0.3 is 10.6 Å². The van der Waals surface area contributed by atoms with E-state index in [1.165, 1.54) is 6.07 Å². The number of benzene rings is 2. The summed E-state index contributed by atoms with van der Waals surface area (Å²) in [5, 5.41) is 5.68. The van der Waals surface area contributed by atoms with E-state index in [0.29, 0.717) is 12.2 Å².